The van der Waals surface area contributed by atoms with Crippen molar-refractivity contribution in [2.45, 2.75) is 39.7 Å². The lowest BCUT2D eigenvalue weighted by molar-refractivity contribution is 0.0939. The molecule has 0 saturated carbocycles. The number of nitrogens with zero attached hydrogens (tertiary/aromatic N) is 1. The Morgan fingerprint density at radius 3 is 2.55 bits per heavy atom. The number of carbonyl (C=O) groups excluding carboxylic acids is 1. The number of carbonyl (C=O) groups is 1. The van der Waals surface area contributed by atoms with Gasteiger partial charge in [-0.05, 0) is 31.9 Å². The van der Waals surface area contributed by atoms with Crippen LogP contribution in [0.3, 0.4) is 0 Å². The first-order valence-corrected chi connectivity index (χ1v) is 7.87. The first-order chi connectivity index (χ1) is 9.63. The van der Waals surface area contributed by atoms with Crippen molar-refractivity contribution < 1.29 is 4.79 Å². The van der Waals surface area contributed by atoms with E-state index >= 15 is 0 Å². The molecule has 0 aliphatic rings. The maximum atomic E-state index is 12.0. The van der Waals surface area contributed by atoms with Gasteiger partial charge in [-0.25, -0.2) is 4.98 Å². The molecule has 0 aliphatic heterocycles. The zero-order chi connectivity index (χ0) is 14.5. The van der Waals surface area contributed by atoms with Crippen molar-refractivity contribution in [1.82, 2.24) is 10.3 Å². The molecule has 1 amide bonds. The van der Waals surface area contributed by atoms with E-state index in [-0.39, 0.29) is 11.9 Å². The number of benzene rings is 1. The molecule has 1 aromatic heterocycles. The van der Waals surface area contributed by atoms with Crippen molar-refractivity contribution in [3.63, 3.8) is 0 Å². The number of aryl methyl sites for hydroxylation is 1. The van der Waals surface area contributed by atoms with Gasteiger partial charge in [0.25, 0.3) is 5.91 Å². The third-order valence-corrected chi connectivity index (χ3v) is 4.28. The zero-order valence-corrected chi connectivity index (χ0v) is 13.0. The van der Waals surface area contributed by atoms with Crippen molar-refractivity contribution in [3.8, 4) is 11.3 Å². The van der Waals surface area contributed by atoms with Crippen molar-refractivity contribution in [3.05, 3.63) is 40.2 Å². The average molecular weight is 288 g/mol. The monoisotopic (exact) mass is 288 g/mol. The molecule has 0 bridgehead atoms. The topological polar surface area (TPSA) is 42.0 Å². The van der Waals surface area contributed by atoms with E-state index in [9.17, 15) is 4.79 Å². The van der Waals surface area contributed by atoms with E-state index in [2.05, 4.69) is 29.5 Å². The largest absolute Gasteiger partial charge is 0.350 e. The molecule has 2 rings (SSSR count). The predicted octanol–water partition coefficient (Wildman–Crippen LogP) is 3.90. The highest BCUT2D eigenvalue weighted by Crippen LogP contribution is 2.22. The summed E-state index contributed by atoms with van der Waals surface area (Å²) in [5.41, 5.74) is 2.74. The molecule has 20 heavy (non-hydrogen) atoms. The fourth-order valence-corrected chi connectivity index (χ4v) is 2.56. The standard InChI is InChI=1S/C16H20N2OS/c1-4-11(3)17-16(19)13-8-6-12(7-9-13)14-10-20-15(5-2)18-14/h6-11H,4-5H2,1-3H3,(H,17,19)/t11-/m1/s1. The number of aromatic nitrogens is 1. The third-order valence-electron chi connectivity index (χ3n) is 3.29. The Morgan fingerprint density at radius 2 is 2.00 bits per heavy atom. The van der Waals surface area contributed by atoms with Crippen LogP contribution in [0.25, 0.3) is 11.3 Å². The highest BCUT2D eigenvalue weighted by molar-refractivity contribution is 7.09. The Bertz CT molecular complexity index is 574. The summed E-state index contributed by atoms with van der Waals surface area (Å²) in [5.74, 6) is -0.0153. The number of thiazole rings is 1. The van der Waals surface area contributed by atoms with E-state index in [1.807, 2.05) is 31.2 Å². The summed E-state index contributed by atoms with van der Waals surface area (Å²) < 4.78 is 0. The van der Waals surface area contributed by atoms with Gasteiger partial charge in [-0.3, -0.25) is 4.79 Å². The lowest BCUT2D eigenvalue weighted by Crippen LogP contribution is -2.31. The van der Waals surface area contributed by atoms with Gasteiger partial charge in [0.15, 0.2) is 0 Å². The molecule has 4 heteroatoms. The SMILES string of the molecule is CCc1nc(-c2ccc(C(=O)N[C@H](C)CC)cc2)cs1. The minimum atomic E-state index is -0.0153. The first-order valence-electron chi connectivity index (χ1n) is 6.99. The zero-order valence-electron chi connectivity index (χ0n) is 12.1. The van der Waals surface area contributed by atoms with Crippen LogP contribution in [0, 0.1) is 0 Å². The summed E-state index contributed by atoms with van der Waals surface area (Å²) in [6, 6.07) is 7.84. The van der Waals surface area contributed by atoms with Gasteiger partial charge in [0.1, 0.15) is 0 Å². The fraction of sp³-hybridized carbons (Fsp3) is 0.375. The van der Waals surface area contributed by atoms with E-state index < -0.39 is 0 Å². The second kappa shape index (κ2) is 6.66. The molecule has 106 valence electrons. The van der Waals surface area contributed by atoms with Gasteiger partial charge in [-0.2, -0.15) is 0 Å². The summed E-state index contributed by atoms with van der Waals surface area (Å²) in [4.78, 5) is 16.5. The molecular weight excluding hydrogens is 268 g/mol. The fourth-order valence-electron chi connectivity index (χ4n) is 1.81. The molecule has 0 aliphatic carbocycles. The highest BCUT2D eigenvalue weighted by atomic mass is 32.1. The Balaban J connectivity index is 2.11. The van der Waals surface area contributed by atoms with Crippen LogP contribution >= 0.6 is 11.3 Å². The van der Waals surface area contributed by atoms with Gasteiger partial charge in [0, 0.05) is 22.5 Å². The number of rotatable bonds is 5. The molecular formula is C16H20N2OS. The second-order valence-corrected chi connectivity index (χ2v) is 5.78. The molecule has 0 saturated heterocycles. The Morgan fingerprint density at radius 1 is 1.30 bits per heavy atom. The smallest absolute Gasteiger partial charge is 0.251 e. The van der Waals surface area contributed by atoms with E-state index in [0.717, 1.165) is 29.1 Å². The van der Waals surface area contributed by atoms with Crippen LogP contribution in [-0.4, -0.2) is 16.9 Å². The summed E-state index contributed by atoms with van der Waals surface area (Å²) in [7, 11) is 0. The average Bonchev–Trinajstić information content (AvgIpc) is 2.96. The van der Waals surface area contributed by atoms with Gasteiger partial charge >= 0.3 is 0 Å². The third kappa shape index (κ3) is 3.45. The molecule has 1 heterocycles. The maximum Gasteiger partial charge on any atom is 0.251 e. The van der Waals surface area contributed by atoms with Crippen molar-refractivity contribution >= 4 is 17.2 Å². The number of amides is 1. The lowest BCUT2D eigenvalue weighted by atomic mass is 10.1. The molecule has 0 fully saturated rings. The van der Waals surface area contributed by atoms with Crippen molar-refractivity contribution in [2.75, 3.05) is 0 Å². The first kappa shape index (κ1) is 14.7. The number of hydrogen-bond donors (Lipinski definition) is 1. The van der Waals surface area contributed by atoms with Crippen LogP contribution in [0.2, 0.25) is 0 Å². The molecule has 1 N–H and O–H groups in total. The minimum absolute atomic E-state index is 0.0153. The number of hydrogen-bond acceptors (Lipinski definition) is 3. The maximum absolute atomic E-state index is 12.0. The van der Waals surface area contributed by atoms with Gasteiger partial charge in [-0.1, -0.05) is 26.0 Å². The molecule has 3 nitrogen and oxygen atoms in total. The van der Waals surface area contributed by atoms with Gasteiger partial charge < -0.3 is 5.32 Å². The molecule has 0 radical (unpaired) electrons. The van der Waals surface area contributed by atoms with E-state index in [1.165, 1.54) is 0 Å². The van der Waals surface area contributed by atoms with Crippen LogP contribution in [-0.2, 0) is 6.42 Å². The van der Waals surface area contributed by atoms with Crippen LogP contribution in [0.15, 0.2) is 29.6 Å². The highest BCUT2D eigenvalue weighted by Gasteiger charge is 2.09. The van der Waals surface area contributed by atoms with Gasteiger partial charge in [0.2, 0.25) is 0 Å². The van der Waals surface area contributed by atoms with E-state index in [1.54, 1.807) is 11.3 Å². The summed E-state index contributed by atoms with van der Waals surface area (Å²) >= 11 is 1.68. The molecule has 1 atom stereocenters. The number of nitrogens with one attached hydrogen (secondary N) is 1. The summed E-state index contributed by atoms with van der Waals surface area (Å²) in [5, 5.41) is 6.17. The lowest BCUT2D eigenvalue weighted by Gasteiger charge is -2.11. The summed E-state index contributed by atoms with van der Waals surface area (Å²) in [6.07, 6.45) is 1.89. The minimum Gasteiger partial charge on any atom is -0.350 e. The Kier molecular flexibility index (Phi) is 4.90. The van der Waals surface area contributed by atoms with Crippen LogP contribution in [0.4, 0.5) is 0 Å². The second-order valence-electron chi connectivity index (χ2n) is 4.84. The van der Waals surface area contributed by atoms with Crippen LogP contribution in [0.5, 0.6) is 0 Å². The molecule has 0 spiro atoms. The van der Waals surface area contributed by atoms with Crippen molar-refractivity contribution in [1.29, 1.82) is 0 Å². The Hall–Kier alpha value is -1.68. The van der Waals surface area contributed by atoms with Crippen LogP contribution in [0.1, 0.15) is 42.6 Å². The Labute approximate surface area is 124 Å². The van der Waals surface area contributed by atoms with Gasteiger partial charge in [-0.15, -0.1) is 11.3 Å². The van der Waals surface area contributed by atoms with Crippen LogP contribution < -0.4 is 5.32 Å². The predicted molar refractivity (Wildman–Crippen MR) is 84.1 cm³/mol. The van der Waals surface area contributed by atoms with E-state index in [4.69, 9.17) is 0 Å². The van der Waals surface area contributed by atoms with Crippen molar-refractivity contribution in [2.24, 2.45) is 0 Å². The summed E-state index contributed by atoms with van der Waals surface area (Å²) in [6.45, 7) is 6.17. The molecule has 1 aromatic carbocycles. The molecule has 0 unspecified atom stereocenters. The normalized spacial score (nSPS) is 12.2. The molecule has 2 aromatic rings. The van der Waals surface area contributed by atoms with E-state index in [0.29, 0.717) is 5.56 Å². The quantitative estimate of drug-likeness (QED) is 0.906. The van der Waals surface area contributed by atoms with Gasteiger partial charge in [0.05, 0.1) is 10.7 Å².